The zero-order chi connectivity index (χ0) is 15.5. The lowest BCUT2D eigenvalue weighted by atomic mass is 10.1. The van der Waals surface area contributed by atoms with E-state index in [0.29, 0.717) is 11.5 Å². The highest BCUT2D eigenvalue weighted by molar-refractivity contribution is 7.91. The standard InChI is InChI=1S/C14H19N3O2S2/c1-3-21(18,19)12-13(15)17-20-14(12)16-8-7-11-6-4-5-10(2)9-11/h4-6,9,16H,3,7-8H2,1-2H3,(H2,15,17). The highest BCUT2D eigenvalue weighted by Crippen LogP contribution is 2.32. The first-order chi connectivity index (χ1) is 9.94. The van der Waals surface area contributed by atoms with Crippen LogP contribution in [0.2, 0.25) is 0 Å². The zero-order valence-corrected chi connectivity index (χ0v) is 13.7. The molecule has 3 N–H and O–H groups in total. The molecule has 5 nitrogen and oxygen atoms in total. The molecular formula is C14H19N3O2S2. The van der Waals surface area contributed by atoms with E-state index in [1.165, 1.54) is 11.1 Å². The van der Waals surface area contributed by atoms with Crippen LogP contribution in [0.15, 0.2) is 29.2 Å². The Bertz CT molecular complexity index is 724. The van der Waals surface area contributed by atoms with Gasteiger partial charge in [-0.1, -0.05) is 36.8 Å². The van der Waals surface area contributed by atoms with E-state index >= 15 is 0 Å². The van der Waals surface area contributed by atoms with Gasteiger partial charge >= 0.3 is 0 Å². The van der Waals surface area contributed by atoms with Crippen molar-refractivity contribution >= 4 is 32.2 Å². The molecule has 1 aromatic carbocycles. The number of anilines is 2. The minimum atomic E-state index is -3.36. The third-order valence-corrected chi connectivity index (χ3v) is 5.89. The Morgan fingerprint density at radius 1 is 1.38 bits per heavy atom. The number of nitrogens with two attached hydrogens (primary N) is 1. The predicted molar refractivity (Wildman–Crippen MR) is 87.6 cm³/mol. The van der Waals surface area contributed by atoms with E-state index in [0.717, 1.165) is 18.0 Å². The van der Waals surface area contributed by atoms with Crippen molar-refractivity contribution in [3.05, 3.63) is 35.4 Å². The number of aryl methyl sites for hydroxylation is 1. The molecule has 0 radical (unpaired) electrons. The quantitative estimate of drug-likeness (QED) is 0.852. The van der Waals surface area contributed by atoms with Gasteiger partial charge in [0, 0.05) is 6.54 Å². The third kappa shape index (κ3) is 3.74. The van der Waals surface area contributed by atoms with E-state index in [1.807, 2.05) is 19.1 Å². The Morgan fingerprint density at radius 3 is 2.81 bits per heavy atom. The Balaban J connectivity index is 2.08. The number of rotatable bonds is 6. The lowest BCUT2D eigenvalue weighted by Gasteiger charge is -2.07. The van der Waals surface area contributed by atoms with Gasteiger partial charge in [-0.05, 0) is 30.4 Å². The second kappa shape index (κ2) is 6.44. The van der Waals surface area contributed by atoms with Crippen LogP contribution >= 0.6 is 11.5 Å². The van der Waals surface area contributed by atoms with Gasteiger partial charge in [-0.3, -0.25) is 0 Å². The lowest BCUT2D eigenvalue weighted by Crippen LogP contribution is -2.11. The molecular weight excluding hydrogens is 306 g/mol. The van der Waals surface area contributed by atoms with Crippen molar-refractivity contribution in [1.82, 2.24) is 4.37 Å². The molecule has 0 fully saturated rings. The van der Waals surface area contributed by atoms with E-state index in [4.69, 9.17) is 5.73 Å². The van der Waals surface area contributed by atoms with Gasteiger partial charge in [0.1, 0.15) is 9.90 Å². The Labute approximate surface area is 129 Å². The molecule has 0 aliphatic carbocycles. The summed E-state index contributed by atoms with van der Waals surface area (Å²) in [4.78, 5) is 0.138. The van der Waals surface area contributed by atoms with Crippen LogP contribution in [0, 0.1) is 6.92 Å². The van der Waals surface area contributed by atoms with Gasteiger partial charge in [0.25, 0.3) is 0 Å². The van der Waals surface area contributed by atoms with Gasteiger partial charge in [-0.25, -0.2) is 8.42 Å². The average molecular weight is 325 g/mol. The molecule has 0 amide bonds. The smallest absolute Gasteiger partial charge is 0.184 e. The molecule has 2 rings (SSSR count). The van der Waals surface area contributed by atoms with Crippen molar-refractivity contribution in [1.29, 1.82) is 0 Å². The highest BCUT2D eigenvalue weighted by Gasteiger charge is 2.23. The van der Waals surface area contributed by atoms with E-state index in [1.54, 1.807) is 6.92 Å². The van der Waals surface area contributed by atoms with Crippen molar-refractivity contribution in [3.8, 4) is 0 Å². The Hall–Kier alpha value is -1.60. The first kappa shape index (κ1) is 15.8. The van der Waals surface area contributed by atoms with Gasteiger partial charge in [0.15, 0.2) is 15.7 Å². The minimum absolute atomic E-state index is 0.0160. The fourth-order valence-electron chi connectivity index (χ4n) is 2.04. The molecule has 0 saturated heterocycles. The summed E-state index contributed by atoms with van der Waals surface area (Å²) in [6.45, 7) is 4.28. The summed E-state index contributed by atoms with van der Waals surface area (Å²) in [5, 5.41) is 3.67. The Kier molecular flexibility index (Phi) is 4.84. The second-order valence-corrected chi connectivity index (χ2v) is 7.78. The maximum absolute atomic E-state index is 12.0. The van der Waals surface area contributed by atoms with Gasteiger partial charge in [-0.2, -0.15) is 4.37 Å². The Morgan fingerprint density at radius 2 is 2.14 bits per heavy atom. The maximum atomic E-state index is 12.0. The molecule has 0 aliphatic heterocycles. The van der Waals surface area contributed by atoms with Crippen molar-refractivity contribution in [2.24, 2.45) is 0 Å². The molecule has 1 aromatic heterocycles. The third-order valence-electron chi connectivity index (χ3n) is 3.15. The molecule has 0 spiro atoms. The van der Waals surface area contributed by atoms with E-state index in [2.05, 4.69) is 21.8 Å². The monoisotopic (exact) mass is 325 g/mol. The number of nitrogens with one attached hydrogen (secondary N) is 1. The number of nitrogens with zero attached hydrogens (tertiary/aromatic N) is 1. The van der Waals surface area contributed by atoms with Crippen LogP contribution in [0.5, 0.6) is 0 Å². The van der Waals surface area contributed by atoms with Gasteiger partial charge in [-0.15, -0.1) is 0 Å². The van der Waals surface area contributed by atoms with E-state index in [9.17, 15) is 8.42 Å². The summed E-state index contributed by atoms with van der Waals surface area (Å²) in [6.07, 6.45) is 0.811. The molecule has 0 aliphatic rings. The molecule has 0 atom stereocenters. The van der Waals surface area contributed by atoms with Gasteiger partial charge < -0.3 is 11.1 Å². The number of sulfone groups is 1. The van der Waals surface area contributed by atoms with Crippen molar-refractivity contribution in [2.75, 3.05) is 23.3 Å². The van der Waals surface area contributed by atoms with Crippen LogP contribution in [0.25, 0.3) is 0 Å². The molecule has 1 heterocycles. The van der Waals surface area contributed by atoms with Crippen LogP contribution < -0.4 is 11.1 Å². The molecule has 7 heteroatoms. The summed E-state index contributed by atoms with van der Waals surface area (Å²) in [7, 11) is -3.36. The zero-order valence-electron chi connectivity index (χ0n) is 12.1. The van der Waals surface area contributed by atoms with E-state index < -0.39 is 9.84 Å². The number of hydrogen-bond donors (Lipinski definition) is 2. The van der Waals surface area contributed by atoms with Gasteiger partial charge in [0.2, 0.25) is 0 Å². The molecule has 0 bridgehead atoms. The number of hydrogen-bond acceptors (Lipinski definition) is 6. The van der Waals surface area contributed by atoms with Crippen LogP contribution in [-0.2, 0) is 16.3 Å². The largest absolute Gasteiger partial charge is 0.382 e. The average Bonchev–Trinajstić information content (AvgIpc) is 2.81. The van der Waals surface area contributed by atoms with Gasteiger partial charge in [0.05, 0.1) is 5.75 Å². The van der Waals surface area contributed by atoms with Crippen molar-refractivity contribution in [2.45, 2.75) is 25.2 Å². The first-order valence-electron chi connectivity index (χ1n) is 6.71. The fourth-order valence-corrected chi connectivity index (χ4v) is 4.23. The highest BCUT2D eigenvalue weighted by atomic mass is 32.2. The fraction of sp³-hybridized carbons (Fsp3) is 0.357. The SMILES string of the molecule is CCS(=O)(=O)c1c(N)nsc1NCCc1cccc(C)c1. The molecule has 2 aromatic rings. The maximum Gasteiger partial charge on any atom is 0.184 e. The predicted octanol–water partition coefficient (Wildman–Crippen LogP) is 2.48. The first-order valence-corrected chi connectivity index (χ1v) is 9.14. The molecule has 0 unspecified atom stereocenters. The summed E-state index contributed by atoms with van der Waals surface area (Å²) >= 11 is 1.09. The number of aromatic nitrogens is 1. The lowest BCUT2D eigenvalue weighted by molar-refractivity contribution is 0.598. The minimum Gasteiger partial charge on any atom is -0.382 e. The summed E-state index contributed by atoms with van der Waals surface area (Å²) in [5.74, 6) is 0.0993. The molecule has 114 valence electrons. The number of benzene rings is 1. The summed E-state index contributed by atoms with van der Waals surface area (Å²) in [6, 6.07) is 8.24. The van der Waals surface area contributed by atoms with Crippen LogP contribution in [0.3, 0.4) is 0 Å². The summed E-state index contributed by atoms with van der Waals surface area (Å²) in [5.41, 5.74) is 8.11. The van der Waals surface area contributed by atoms with E-state index in [-0.39, 0.29) is 16.5 Å². The van der Waals surface area contributed by atoms with Crippen molar-refractivity contribution in [3.63, 3.8) is 0 Å². The molecule has 21 heavy (non-hydrogen) atoms. The van der Waals surface area contributed by atoms with Crippen molar-refractivity contribution < 1.29 is 8.42 Å². The molecule has 0 saturated carbocycles. The number of nitrogen functional groups attached to an aromatic ring is 1. The normalized spacial score (nSPS) is 11.5. The van der Waals surface area contributed by atoms with Crippen LogP contribution in [0.4, 0.5) is 10.8 Å². The van der Waals surface area contributed by atoms with Crippen LogP contribution in [0.1, 0.15) is 18.1 Å². The summed E-state index contributed by atoms with van der Waals surface area (Å²) < 4.78 is 28.0. The second-order valence-electron chi connectivity index (χ2n) is 4.80. The topological polar surface area (TPSA) is 85.1 Å². The van der Waals surface area contributed by atoms with Crippen LogP contribution in [-0.4, -0.2) is 25.1 Å².